The van der Waals surface area contributed by atoms with Crippen molar-refractivity contribution in [2.45, 2.75) is 19.9 Å². The van der Waals surface area contributed by atoms with Crippen LogP contribution >= 0.6 is 15.9 Å². The Hall–Kier alpha value is -0.900. The first-order valence-electron chi connectivity index (χ1n) is 4.16. The maximum absolute atomic E-state index is 4.32. The molecule has 0 atom stereocenters. The Labute approximate surface area is 84.9 Å². The molecule has 0 fully saturated rings. The van der Waals surface area contributed by atoms with Crippen molar-refractivity contribution in [3.8, 4) is 0 Å². The zero-order chi connectivity index (χ0) is 9.42. The van der Waals surface area contributed by atoms with Crippen LogP contribution in [0.15, 0.2) is 23.2 Å². The first-order valence-corrected chi connectivity index (χ1v) is 4.95. The molecule has 0 unspecified atom stereocenters. The van der Waals surface area contributed by atoms with Gasteiger partial charge in [0.15, 0.2) is 0 Å². The molecule has 3 nitrogen and oxygen atoms in total. The summed E-state index contributed by atoms with van der Waals surface area (Å²) in [5.74, 6) is 0. The zero-order valence-electron chi connectivity index (χ0n) is 7.53. The first kappa shape index (κ1) is 8.69. The van der Waals surface area contributed by atoms with Crippen molar-refractivity contribution < 1.29 is 0 Å². The summed E-state index contributed by atoms with van der Waals surface area (Å²) in [6.07, 6.45) is 5.45. The summed E-state index contributed by atoms with van der Waals surface area (Å²) in [6, 6.07) is 0.418. The van der Waals surface area contributed by atoms with Gasteiger partial charge in [-0.15, -0.1) is 0 Å². The van der Waals surface area contributed by atoms with Crippen LogP contribution in [0.1, 0.15) is 19.9 Å². The number of hydrogen-bond acceptors (Lipinski definition) is 2. The van der Waals surface area contributed by atoms with E-state index in [-0.39, 0.29) is 0 Å². The van der Waals surface area contributed by atoms with Crippen molar-refractivity contribution in [1.82, 2.24) is 14.5 Å². The number of rotatable bonds is 1. The molecule has 2 rings (SSSR count). The highest BCUT2D eigenvalue weighted by molar-refractivity contribution is 9.10. The lowest BCUT2D eigenvalue weighted by atomic mass is 10.3. The maximum Gasteiger partial charge on any atom is 0.106 e. The lowest BCUT2D eigenvalue weighted by Gasteiger charge is -2.06. The SMILES string of the molecule is CC(C)n1cnc2c(Br)cncc21. The number of hydrogen-bond donors (Lipinski definition) is 0. The fourth-order valence-corrected chi connectivity index (χ4v) is 1.75. The van der Waals surface area contributed by atoms with Gasteiger partial charge in [0.25, 0.3) is 0 Å². The first-order chi connectivity index (χ1) is 6.20. The van der Waals surface area contributed by atoms with Gasteiger partial charge in [-0.1, -0.05) is 0 Å². The minimum absolute atomic E-state index is 0.418. The molecule has 13 heavy (non-hydrogen) atoms. The van der Waals surface area contributed by atoms with Crippen LogP contribution in [0, 0.1) is 0 Å². The van der Waals surface area contributed by atoms with Crippen LogP contribution in [0.3, 0.4) is 0 Å². The number of fused-ring (bicyclic) bond motifs is 1. The Morgan fingerprint density at radius 1 is 1.38 bits per heavy atom. The van der Waals surface area contributed by atoms with E-state index in [4.69, 9.17) is 0 Å². The van der Waals surface area contributed by atoms with Gasteiger partial charge < -0.3 is 4.57 Å². The predicted molar refractivity (Wildman–Crippen MR) is 55.6 cm³/mol. The van der Waals surface area contributed by atoms with Gasteiger partial charge in [-0.2, -0.15) is 0 Å². The second-order valence-electron chi connectivity index (χ2n) is 3.23. The second kappa shape index (κ2) is 3.10. The van der Waals surface area contributed by atoms with Crippen LogP contribution in [0.2, 0.25) is 0 Å². The molecular formula is C9H10BrN3. The molecule has 0 amide bonds. The second-order valence-corrected chi connectivity index (χ2v) is 4.09. The Bertz CT molecular complexity index is 433. The van der Waals surface area contributed by atoms with Crippen LogP contribution in [0.5, 0.6) is 0 Å². The summed E-state index contributed by atoms with van der Waals surface area (Å²) in [5.41, 5.74) is 2.05. The quantitative estimate of drug-likeness (QED) is 0.767. The largest absolute Gasteiger partial charge is 0.327 e. The van der Waals surface area contributed by atoms with Crippen molar-refractivity contribution in [3.63, 3.8) is 0 Å². The molecule has 2 aromatic rings. The molecule has 2 aromatic heterocycles. The molecule has 0 aliphatic heterocycles. The third-order valence-electron chi connectivity index (χ3n) is 2.00. The van der Waals surface area contributed by atoms with Crippen LogP contribution in [-0.4, -0.2) is 14.5 Å². The molecule has 0 saturated carbocycles. The number of halogens is 1. The van der Waals surface area contributed by atoms with Crippen molar-refractivity contribution >= 4 is 27.0 Å². The van der Waals surface area contributed by atoms with E-state index in [1.165, 1.54) is 0 Å². The van der Waals surface area contributed by atoms with Gasteiger partial charge in [0, 0.05) is 12.2 Å². The molecule has 0 N–H and O–H groups in total. The lowest BCUT2D eigenvalue weighted by Crippen LogP contribution is -1.98. The van der Waals surface area contributed by atoms with Gasteiger partial charge in [0.2, 0.25) is 0 Å². The molecule has 0 aliphatic rings. The van der Waals surface area contributed by atoms with Crippen LogP contribution in [0.4, 0.5) is 0 Å². The van der Waals surface area contributed by atoms with E-state index in [1.807, 2.05) is 12.5 Å². The number of aromatic nitrogens is 3. The van der Waals surface area contributed by atoms with E-state index in [0.717, 1.165) is 15.5 Å². The van der Waals surface area contributed by atoms with E-state index >= 15 is 0 Å². The van der Waals surface area contributed by atoms with Crippen molar-refractivity contribution in [3.05, 3.63) is 23.2 Å². The smallest absolute Gasteiger partial charge is 0.106 e. The van der Waals surface area contributed by atoms with Crippen LogP contribution in [-0.2, 0) is 0 Å². The average molecular weight is 240 g/mol. The lowest BCUT2D eigenvalue weighted by molar-refractivity contribution is 0.617. The fourth-order valence-electron chi connectivity index (χ4n) is 1.33. The molecule has 2 heterocycles. The molecule has 0 bridgehead atoms. The number of imidazole rings is 1. The molecule has 0 saturated heterocycles. The normalized spacial score (nSPS) is 11.4. The molecule has 0 aromatic carbocycles. The summed E-state index contributed by atoms with van der Waals surface area (Å²) < 4.78 is 3.05. The minimum atomic E-state index is 0.418. The standard InChI is InChI=1S/C9H10BrN3/c1-6(2)13-5-12-9-7(10)3-11-4-8(9)13/h3-6H,1-2H3. The summed E-state index contributed by atoms with van der Waals surface area (Å²) in [5, 5.41) is 0. The fraction of sp³-hybridized carbons (Fsp3) is 0.333. The molecule has 4 heteroatoms. The summed E-state index contributed by atoms with van der Waals surface area (Å²) >= 11 is 3.42. The van der Waals surface area contributed by atoms with Crippen LogP contribution < -0.4 is 0 Å². The third-order valence-corrected chi connectivity index (χ3v) is 2.58. The van der Waals surface area contributed by atoms with Crippen molar-refractivity contribution in [2.24, 2.45) is 0 Å². The highest BCUT2D eigenvalue weighted by Gasteiger charge is 2.07. The molecule has 0 spiro atoms. The number of nitrogens with zero attached hydrogens (tertiary/aromatic N) is 3. The Kier molecular flexibility index (Phi) is 2.07. The van der Waals surface area contributed by atoms with Gasteiger partial charge in [0.1, 0.15) is 5.52 Å². The Morgan fingerprint density at radius 2 is 2.15 bits per heavy atom. The van der Waals surface area contributed by atoms with E-state index in [0.29, 0.717) is 6.04 Å². The van der Waals surface area contributed by atoms with Gasteiger partial charge >= 0.3 is 0 Å². The topological polar surface area (TPSA) is 30.7 Å². The van der Waals surface area contributed by atoms with E-state index in [9.17, 15) is 0 Å². The molecule has 0 aliphatic carbocycles. The average Bonchev–Trinajstić information content (AvgIpc) is 2.48. The summed E-state index contributed by atoms with van der Waals surface area (Å²) in [4.78, 5) is 8.44. The molecule has 68 valence electrons. The molecule has 0 radical (unpaired) electrons. The minimum Gasteiger partial charge on any atom is -0.327 e. The number of pyridine rings is 1. The third kappa shape index (κ3) is 1.35. The van der Waals surface area contributed by atoms with Gasteiger partial charge in [-0.05, 0) is 29.8 Å². The van der Waals surface area contributed by atoms with Gasteiger partial charge in [0.05, 0.1) is 22.5 Å². The van der Waals surface area contributed by atoms with Crippen LogP contribution in [0.25, 0.3) is 11.0 Å². The van der Waals surface area contributed by atoms with E-state index < -0.39 is 0 Å². The monoisotopic (exact) mass is 239 g/mol. The Balaban J connectivity index is 2.75. The van der Waals surface area contributed by atoms with Gasteiger partial charge in [-0.3, -0.25) is 4.98 Å². The van der Waals surface area contributed by atoms with E-state index in [2.05, 4.69) is 44.3 Å². The predicted octanol–water partition coefficient (Wildman–Crippen LogP) is 2.77. The summed E-state index contributed by atoms with van der Waals surface area (Å²) in [7, 11) is 0. The van der Waals surface area contributed by atoms with E-state index in [1.54, 1.807) is 6.20 Å². The van der Waals surface area contributed by atoms with Crippen molar-refractivity contribution in [1.29, 1.82) is 0 Å². The highest BCUT2D eigenvalue weighted by Crippen LogP contribution is 2.22. The highest BCUT2D eigenvalue weighted by atomic mass is 79.9. The van der Waals surface area contributed by atoms with Gasteiger partial charge in [-0.25, -0.2) is 4.98 Å². The summed E-state index contributed by atoms with van der Waals surface area (Å²) in [6.45, 7) is 4.25. The molecular weight excluding hydrogens is 230 g/mol. The zero-order valence-corrected chi connectivity index (χ0v) is 9.12. The maximum atomic E-state index is 4.32. The Morgan fingerprint density at radius 3 is 2.85 bits per heavy atom. The van der Waals surface area contributed by atoms with Crippen molar-refractivity contribution in [2.75, 3.05) is 0 Å².